The fourth-order valence-corrected chi connectivity index (χ4v) is 4.87. The van der Waals surface area contributed by atoms with Gasteiger partial charge in [-0.25, -0.2) is 9.67 Å². The smallest absolute Gasteiger partial charge is 0.257 e. The van der Waals surface area contributed by atoms with Crippen LogP contribution in [0.25, 0.3) is 11.3 Å². The van der Waals surface area contributed by atoms with E-state index in [4.69, 9.17) is 23.2 Å². The third-order valence-electron chi connectivity index (χ3n) is 6.22. The van der Waals surface area contributed by atoms with Crippen LogP contribution in [0.15, 0.2) is 53.9 Å². The highest BCUT2D eigenvalue weighted by Gasteiger charge is 2.35. The molecule has 1 atom stereocenters. The zero-order chi connectivity index (χ0) is 26.1. The minimum Gasteiger partial charge on any atom is -0.347 e. The van der Waals surface area contributed by atoms with Crippen molar-refractivity contribution < 1.29 is 9.59 Å². The summed E-state index contributed by atoms with van der Waals surface area (Å²) in [6.45, 7) is 5.64. The Bertz CT molecular complexity index is 1460. The summed E-state index contributed by atoms with van der Waals surface area (Å²) in [6, 6.07) is 11.6. The average Bonchev–Trinajstić information content (AvgIpc) is 3.41. The fraction of sp³-hybridized carbons (Fsp3) is 0.231. The number of thioether (sulfide) groups is 1. The molecule has 4 rings (SSSR count). The van der Waals surface area contributed by atoms with Gasteiger partial charge in [0.25, 0.3) is 5.91 Å². The Morgan fingerprint density at radius 3 is 2.39 bits per heavy atom. The van der Waals surface area contributed by atoms with Gasteiger partial charge in [-0.05, 0) is 55.9 Å². The standard InChI is InChI=1S/C26H25Cl2N5O2S/c1-14-11-20(19(28)12-18(14)27)30-25(35)23(33-13-29-26(31-33)36-5)24(34)21-15(2)16(3)32(4)22(21)17-9-7-6-8-10-17/h6-13,23H,1-5H3,(H,30,35). The number of rotatable bonds is 7. The number of nitrogens with zero attached hydrogens (tertiary/aromatic N) is 4. The van der Waals surface area contributed by atoms with E-state index in [0.29, 0.717) is 21.4 Å². The Labute approximate surface area is 223 Å². The van der Waals surface area contributed by atoms with Gasteiger partial charge in [-0.15, -0.1) is 5.10 Å². The van der Waals surface area contributed by atoms with Crippen molar-refractivity contribution in [3.63, 3.8) is 0 Å². The van der Waals surface area contributed by atoms with E-state index >= 15 is 0 Å². The van der Waals surface area contributed by atoms with E-state index in [-0.39, 0.29) is 5.02 Å². The zero-order valence-corrected chi connectivity index (χ0v) is 22.8. The molecule has 186 valence electrons. The number of carbonyl (C=O) groups is 2. The summed E-state index contributed by atoms with van der Waals surface area (Å²) in [4.78, 5) is 32.2. The van der Waals surface area contributed by atoms with Gasteiger partial charge in [0.2, 0.25) is 5.16 Å². The maximum Gasteiger partial charge on any atom is 0.257 e. The van der Waals surface area contributed by atoms with Crippen LogP contribution in [0.4, 0.5) is 5.69 Å². The first-order valence-electron chi connectivity index (χ1n) is 11.1. The molecule has 0 bridgehead atoms. The summed E-state index contributed by atoms with van der Waals surface area (Å²) < 4.78 is 3.28. The van der Waals surface area contributed by atoms with Crippen LogP contribution in [0.1, 0.15) is 33.2 Å². The first-order chi connectivity index (χ1) is 17.1. The zero-order valence-electron chi connectivity index (χ0n) is 20.5. The molecule has 0 fully saturated rings. The number of carbonyl (C=O) groups excluding carboxylic acids is 2. The van der Waals surface area contributed by atoms with Crippen LogP contribution in [0.2, 0.25) is 10.0 Å². The summed E-state index contributed by atoms with van der Waals surface area (Å²) in [6.07, 6.45) is 3.22. The number of benzene rings is 2. The minimum atomic E-state index is -1.31. The lowest BCUT2D eigenvalue weighted by molar-refractivity contribution is -0.118. The van der Waals surface area contributed by atoms with Crippen LogP contribution < -0.4 is 5.32 Å². The van der Waals surface area contributed by atoms with Crippen molar-refractivity contribution in [2.45, 2.75) is 32.0 Å². The number of ketones is 1. The Kier molecular flexibility index (Phi) is 7.59. The number of hydrogen-bond acceptors (Lipinski definition) is 5. The number of aromatic nitrogens is 4. The molecule has 1 unspecified atom stereocenters. The number of Topliss-reactive ketones (excluding diaryl/α,β-unsaturated/α-hetero) is 1. The number of aryl methyl sites for hydroxylation is 1. The fourth-order valence-electron chi connectivity index (χ4n) is 4.11. The van der Waals surface area contributed by atoms with Gasteiger partial charge in [0.15, 0.2) is 11.8 Å². The third-order valence-corrected chi connectivity index (χ3v) is 7.50. The van der Waals surface area contributed by atoms with Gasteiger partial charge in [0.05, 0.1) is 16.4 Å². The van der Waals surface area contributed by atoms with Crippen LogP contribution in [0, 0.1) is 20.8 Å². The lowest BCUT2D eigenvalue weighted by Gasteiger charge is -2.18. The van der Waals surface area contributed by atoms with E-state index < -0.39 is 17.7 Å². The molecule has 0 radical (unpaired) electrons. The highest BCUT2D eigenvalue weighted by atomic mass is 35.5. The van der Waals surface area contributed by atoms with E-state index in [1.165, 1.54) is 22.8 Å². The van der Waals surface area contributed by atoms with Crippen molar-refractivity contribution in [2.24, 2.45) is 7.05 Å². The Morgan fingerprint density at radius 2 is 1.75 bits per heavy atom. The normalized spacial score (nSPS) is 12.0. The van der Waals surface area contributed by atoms with Gasteiger partial charge in [-0.2, -0.15) is 0 Å². The SMILES string of the molecule is CSc1ncn(C(C(=O)Nc2cc(C)c(Cl)cc2Cl)C(=O)c2c(C)c(C)n(C)c2-c2ccccc2)n1. The molecule has 2 heterocycles. The Hall–Kier alpha value is -3.07. The molecule has 0 spiro atoms. The lowest BCUT2D eigenvalue weighted by atomic mass is 9.96. The maximum absolute atomic E-state index is 14.2. The number of anilines is 1. The number of hydrogen-bond donors (Lipinski definition) is 1. The summed E-state index contributed by atoms with van der Waals surface area (Å²) in [5.41, 5.74) is 4.89. The topological polar surface area (TPSA) is 81.8 Å². The molecule has 0 aliphatic rings. The molecule has 1 amide bonds. The first kappa shape index (κ1) is 26.0. The van der Waals surface area contributed by atoms with E-state index in [1.54, 1.807) is 19.1 Å². The van der Waals surface area contributed by atoms with Crippen LogP contribution in [0.5, 0.6) is 0 Å². The second kappa shape index (κ2) is 10.5. The van der Waals surface area contributed by atoms with Gasteiger partial charge >= 0.3 is 0 Å². The van der Waals surface area contributed by atoms with Crippen molar-refractivity contribution in [2.75, 3.05) is 11.6 Å². The summed E-state index contributed by atoms with van der Waals surface area (Å²) >= 11 is 13.8. The van der Waals surface area contributed by atoms with E-state index in [0.717, 1.165) is 28.1 Å². The molecular formula is C26H25Cl2N5O2S. The van der Waals surface area contributed by atoms with Gasteiger partial charge in [-0.3, -0.25) is 9.59 Å². The van der Waals surface area contributed by atoms with Gasteiger partial charge in [0, 0.05) is 23.3 Å². The predicted octanol–water partition coefficient (Wildman–Crippen LogP) is 6.30. The van der Waals surface area contributed by atoms with E-state index in [9.17, 15) is 9.59 Å². The first-order valence-corrected chi connectivity index (χ1v) is 13.1. The van der Waals surface area contributed by atoms with Gasteiger partial charge in [-0.1, -0.05) is 65.3 Å². The number of amides is 1. The number of halogens is 2. The van der Waals surface area contributed by atoms with E-state index in [2.05, 4.69) is 15.4 Å². The molecular weight excluding hydrogens is 517 g/mol. The Morgan fingerprint density at radius 1 is 1.06 bits per heavy atom. The van der Waals surface area contributed by atoms with Crippen molar-refractivity contribution in [1.82, 2.24) is 19.3 Å². The third kappa shape index (κ3) is 4.81. The van der Waals surface area contributed by atoms with Gasteiger partial charge in [0.1, 0.15) is 6.33 Å². The Balaban J connectivity index is 1.84. The summed E-state index contributed by atoms with van der Waals surface area (Å²) in [7, 11) is 1.91. The highest BCUT2D eigenvalue weighted by Crippen LogP contribution is 2.34. The molecule has 1 N–H and O–H groups in total. The summed E-state index contributed by atoms with van der Waals surface area (Å²) in [5, 5.41) is 8.38. The predicted molar refractivity (Wildman–Crippen MR) is 145 cm³/mol. The molecule has 36 heavy (non-hydrogen) atoms. The van der Waals surface area contributed by atoms with Gasteiger partial charge < -0.3 is 9.88 Å². The monoisotopic (exact) mass is 541 g/mol. The summed E-state index contributed by atoms with van der Waals surface area (Å²) in [5.74, 6) is -0.979. The van der Waals surface area contributed by atoms with Crippen molar-refractivity contribution in [1.29, 1.82) is 0 Å². The average molecular weight is 542 g/mol. The molecule has 4 aromatic rings. The molecule has 7 nitrogen and oxygen atoms in total. The molecule has 0 saturated heterocycles. The van der Waals surface area contributed by atoms with Crippen molar-refractivity contribution in [3.8, 4) is 11.3 Å². The van der Waals surface area contributed by atoms with E-state index in [1.807, 2.05) is 62.0 Å². The van der Waals surface area contributed by atoms with Crippen LogP contribution in [0.3, 0.4) is 0 Å². The largest absolute Gasteiger partial charge is 0.347 e. The lowest BCUT2D eigenvalue weighted by Crippen LogP contribution is -2.33. The molecule has 0 aliphatic heterocycles. The molecule has 0 saturated carbocycles. The molecule has 2 aromatic heterocycles. The highest BCUT2D eigenvalue weighted by molar-refractivity contribution is 7.98. The van der Waals surface area contributed by atoms with Crippen LogP contribution >= 0.6 is 35.0 Å². The van der Waals surface area contributed by atoms with Crippen LogP contribution in [-0.2, 0) is 11.8 Å². The second-order valence-electron chi connectivity index (χ2n) is 8.41. The molecule has 2 aromatic carbocycles. The van der Waals surface area contributed by atoms with Crippen molar-refractivity contribution >= 4 is 52.3 Å². The van der Waals surface area contributed by atoms with Crippen molar-refractivity contribution in [3.05, 3.63) is 81.2 Å². The second-order valence-corrected chi connectivity index (χ2v) is 10.00. The number of nitrogens with one attached hydrogen (secondary N) is 1. The maximum atomic E-state index is 14.2. The molecule has 0 aliphatic carbocycles. The van der Waals surface area contributed by atoms with Crippen LogP contribution in [-0.4, -0.2) is 37.3 Å². The molecule has 10 heteroatoms. The quantitative estimate of drug-likeness (QED) is 0.168. The minimum absolute atomic E-state index is 0.269.